The van der Waals surface area contributed by atoms with Crippen LogP contribution >= 0.6 is 7.82 Å². The van der Waals surface area contributed by atoms with Crippen LogP contribution < -0.4 is 0 Å². The number of unbranched alkanes of at least 4 members (excludes halogenated alkanes) is 2. The van der Waals surface area contributed by atoms with Crippen LogP contribution in [0.1, 0.15) is 39.5 Å². The molecule has 19 heavy (non-hydrogen) atoms. The minimum atomic E-state index is -3.96. The van der Waals surface area contributed by atoms with E-state index in [4.69, 9.17) is 18.5 Å². The summed E-state index contributed by atoms with van der Waals surface area (Å²) in [5, 5.41) is 0. The van der Waals surface area contributed by atoms with Crippen LogP contribution in [0.3, 0.4) is 0 Å². The van der Waals surface area contributed by atoms with Gasteiger partial charge >= 0.3 is 7.82 Å². The lowest BCUT2D eigenvalue weighted by Crippen LogP contribution is -2.08. The lowest BCUT2D eigenvalue weighted by Gasteiger charge is -2.12. The van der Waals surface area contributed by atoms with E-state index in [1.807, 2.05) is 0 Å². The molecule has 0 rings (SSSR count). The Morgan fingerprint density at radius 3 is 1.58 bits per heavy atom. The molecule has 0 aromatic carbocycles. The van der Waals surface area contributed by atoms with Gasteiger partial charge in [-0.25, -0.2) is 4.57 Å². The molecule has 1 N–H and O–H groups in total. The van der Waals surface area contributed by atoms with Crippen LogP contribution in [0.4, 0.5) is 0 Å². The van der Waals surface area contributed by atoms with E-state index in [0.717, 1.165) is 25.7 Å². The van der Waals surface area contributed by atoms with Crippen molar-refractivity contribution in [2.24, 2.45) is 0 Å². The minimum Gasteiger partial charge on any atom is -0.379 e. The second-order valence-corrected chi connectivity index (χ2v) is 5.52. The average molecular weight is 298 g/mol. The number of ether oxygens (including phenoxy) is 2. The molecule has 116 valence electrons. The number of hydrogen-bond donors (Lipinski definition) is 1. The van der Waals surface area contributed by atoms with Gasteiger partial charge < -0.3 is 14.4 Å². The third-order valence-electron chi connectivity index (χ3n) is 2.25. The summed E-state index contributed by atoms with van der Waals surface area (Å²) in [6.07, 6.45) is 4.06. The molecule has 0 aromatic rings. The largest absolute Gasteiger partial charge is 0.472 e. The fourth-order valence-corrected chi connectivity index (χ4v) is 1.84. The molecular weight excluding hydrogens is 271 g/mol. The summed E-state index contributed by atoms with van der Waals surface area (Å²) < 4.78 is 31.3. The monoisotopic (exact) mass is 298 g/mol. The first-order valence-corrected chi connectivity index (χ1v) is 8.39. The normalized spacial score (nSPS) is 11.9. The SMILES string of the molecule is CCCCOCCOP(=O)(O)OCCOCCCC. The third kappa shape index (κ3) is 14.3. The Morgan fingerprint density at radius 2 is 1.21 bits per heavy atom. The molecule has 0 aliphatic heterocycles. The standard InChI is InChI=1S/C12H27O6P/c1-3-5-7-15-9-11-17-19(13,14)18-12-10-16-8-6-4-2/h3-12H2,1-2H3,(H,13,14). The molecule has 0 bridgehead atoms. The van der Waals surface area contributed by atoms with Gasteiger partial charge in [-0.05, 0) is 12.8 Å². The fraction of sp³-hybridized carbons (Fsp3) is 1.00. The van der Waals surface area contributed by atoms with Gasteiger partial charge in [0.25, 0.3) is 0 Å². The first-order chi connectivity index (χ1) is 9.12. The van der Waals surface area contributed by atoms with Gasteiger partial charge in [0.05, 0.1) is 26.4 Å². The molecule has 7 heteroatoms. The van der Waals surface area contributed by atoms with E-state index < -0.39 is 7.82 Å². The average Bonchev–Trinajstić information content (AvgIpc) is 2.38. The summed E-state index contributed by atoms with van der Waals surface area (Å²) in [5.74, 6) is 0. The van der Waals surface area contributed by atoms with Crippen molar-refractivity contribution in [1.82, 2.24) is 0 Å². The highest BCUT2D eigenvalue weighted by molar-refractivity contribution is 7.47. The molecule has 0 saturated heterocycles. The van der Waals surface area contributed by atoms with Gasteiger partial charge in [-0.1, -0.05) is 26.7 Å². The highest BCUT2D eigenvalue weighted by atomic mass is 31.2. The van der Waals surface area contributed by atoms with Gasteiger partial charge in [0.1, 0.15) is 0 Å². The van der Waals surface area contributed by atoms with Crippen molar-refractivity contribution < 1.29 is 28.0 Å². The molecule has 0 aliphatic carbocycles. The molecule has 0 unspecified atom stereocenters. The lowest BCUT2D eigenvalue weighted by atomic mass is 10.4. The maximum absolute atomic E-state index is 11.4. The second kappa shape index (κ2) is 13.0. The lowest BCUT2D eigenvalue weighted by molar-refractivity contribution is 0.0569. The van der Waals surface area contributed by atoms with E-state index in [0.29, 0.717) is 26.4 Å². The van der Waals surface area contributed by atoms with Gasteiger partial charge in [0.2, 0.25) is 0 Å². The Labute approximate surface area is 116 Å². The number of phosphoric ester groups is 1. The molecule has 0 aromatic heterocycles. The predicted octanol–water partition coefficient (Wildman–Crippen LogP) is 2.75. The van der Waals surface area contributed by atoms with E-state index in [1.54, 1.807) is 0 Å². The molecule has 0 atom stereocenters. The number of phosphoric acid groups is 1. The summed E-state index contributed by atoms with van der Waals surface area (Å²) in [7, 11) is -3.96. The predicted molar refractivity (Wildman–Crippen MR) is 73.2 cm³/mol. The van der Waals surface area contributed by atoms with Crippen molar-refractivity contribution in [1.29, 1.82) is 0 Å². The minimum absolute atomic E-state index is 0.0498. The van der Waals surface area contributed by atoms with Crippen molar-refractivity contribution in [2.75, 3.05) is 39.6 Å². The van der Waals surface area contributed by atoms with Crippen molar-refractivity contribution >= 4 is 7.82 Å². The van der Waals surface area contributed by atoms with Gasteiger partial charge in [0, 0.05) is 13.2 Å². The van der Waals surface area contributed by atoms with Crippen molar-refractivity contribution in [3.8, 4) is 0 Å². The van der Waals surface area contributed by atoms with Crippen LogP contribution in [-0.2, 0) is 23.1 Å². The fourth-order valence-electron chi connectivity index (χ4n) is 1.16. The summed E-state index contributed by atoms with van der Waals surface area (Å²) in [5.41, 5.74) is 0. The number of hydrogen-bond acceptors (Lipinski definition) is 5. The highest BCUT2D eigenvalue weighted by Gasteiger charge is 2.20. The summed E-state index contributed by atoms with van der Waals surface area (Å²) in [4.78, 5) is 9.32. The van der Waals surface area contributed by atoms with Crippen LogP contribution in [0.2, 0.25) is 0 Å². The molecule has 0 radical (unpaired) electrons. The van der Waals surface area contributed by atoms with E-state index in [2.05, 4.69) is 13.8 Å². The Morgan fingerprint density at radius 1 is 0.789 bits per heavy atom. The maximum Gasteiger partial charge on any atom is 0.472 e. The third-order valence-corrected chi connectivity index (χ3v) is 3.27. The van der Waals surface area contributed by atoms with Crippen molar-refractivity contribution in [3.63, 3.8) is 0 Å². The zero-order valence-electron chi connectivity index (χ0n) is 12.0. The topological polar surface area (TPSA) is 74.2 Å². The quantitative estimate of drug-likeness (QED) is 0.392. The maximum atomic E-state index is 11.4. The first kappa shape index (κ1) is 19.0. The smallest absolute Gasteiger partial charge is 0.379 e. The Balaban J connectivity index is 3.39. The molecular formula is C12H27O6P. The molecule has 0 aliphatic rings. The Bertz CT molecular complexity index is 216. The molecule has 0 spiro atoms. The van der Waals surface area contributed by atoms with E-state index in [-0.39, 0.29) is 13.2 Å². The zero-order valence-corrected chi connectivity index (χ0v) is 12.9. The molecule has 0 heterocycles. The summed E-state index contributed by atoms with van der Waals surface area (Å²) in [6, 6.07) is 0. The molecule has 0 fully saturated rings. The van der Waals surface area contributed by atoms with Gasteiger partial charge in [0.15, 0.2) is 0 Å². The van der Waals surface area contributed by atoms with Crippen LogP contribution in [0.25, 0.3) is 0 Å². The van der Waals surface area contributed by atoms with Gasteiger partial charge in [-0.2, -0.15) is 0 Å². The molecule has 0 amide bonds. The molecule has 6 nitrogen and oxygen atoms in total. The Kier molecular flexibility index (Phi) is 13.1. The van der Waals surface area contributed by atoms with E-state index >= 15 is 0 Å². The summed E-state index contributed by atoms with van der Waals surface area (Å²) >= 11 is 0. The van der Waals surface area contributed by atoms with E-state index in [9.17, 15) is 9.46 Å². The number of rotatable bonds is 14. The Hall–Kier alpha value is 0.0300. The van der Waals surface area contributed by atoms with Crippen LogP contribution in [0.15, 0.2) is 0 Å². The first-order valence-electron chi connectivity index (χ1n) is 6.89. The van der Waals surface area contributed by atoms with Crippen LogP contribution in [-0.4, -0.2) is 44.5 Å². The van der Waals surface area contributed by atoms with Crippen LogP contribution in [0.5, 0.6) is 0 Å². The van der Waals surface area contributed by atoms with E-state index in [1.165, 1.54) is 0 Å². The highest BCUT2D eigenvalue weighted by Crippen LogP contribution is 2.42. The second-order valence-electron chi connectivity index (χ2n) is 4.07. The van der Waals surface area contributed by atoms with Gasteiger partial charge in [-0.15, -0.1) is 0 Å². The van der Waals surface area contributed by atoms with Crippen molar-refractivity contribution in [3.05, 3.63) is 0 Å². The van der Waals surface area contributed by atoms with Gasteiger partial charge in [-0.3, -0.25) is 9.05 Å². The zero-order chi connectivity index (χ0) is 14.4. The molecule has 0 saturated carbocycles. The van der Waals surface area contributed by atoms with Crippen molar-refractivity contribution in [2.45, 2.75) is 39.5 Å². The van der Waals surface area contributed by atoms with Crippen LogP contribution in [0, 0.1) is 0 Å². The summed E-state index contributed by atoms with van der Waals surface area (Å²) in [6.45, 7) is 6.10.